The highest BCUT2D eigenvalue weighted by atomic mass is 79.9. The third-order valence-electron chi connectivity index (χ3n) is 2.02. The Bertz CT molecular complexity index is 381. The molecule has 3 nitrogen and oxygen atoms in total. The second-order valence-corrected chi connectivity index (χ2v) is 5.23. The minimum Gasteiger partial charge on any atom is -0.338 e. The number of hydroxylamine groups is 1. The van der Waals surface area contributed by atoms with E-state index in [0.29, 0.717) is 11.3 Å². The van der Waals surface area contributed by atoms with Gasteiger partial charge in [-0.05, 0) is 18.6 Å². The lowest BCUT2D eigenvalue weighted by Gasteiger charge is -2.13. The zero-order valence-corrected chi connectivity index (χ0v) is 12.3. The number of hydrogen-bond donors (Lipinski definition) is 1. The van der Waals surface area contributed by atoms with Crippen molar-refractivity contribution in [2.75, 3.05) is 5.33 Å². The maximum absolute atomic E-state index is 11.6. The fraction of sp³-hybridized carbons (Fsp3) is 0.250. The zero-order valence-electron chi connectivity index (χ0n) is 9.16. The van der Waals surface area contributed by atoms with E-state index in [1.807, 2.05) is 6.07 Å². The van der Waals surface area contributed by atoms with Gasteiger partial charge in [0.1, 0.15) is 0 Å². The van der Waals surface area contributed by atoms with E-state index in [2.05, 4.69) is 43.9 Å². The lowest BCUT2D eigenvalue weighted by atomic mass is 10.2. The van der Waals surface area contributed by atoms with Crippen molar-refractivity contribution in [2.45, 2.75) is 11.2 Å². The molecule has 0 amide bonds. The summed E-state index contributed by atoms with van der Waals surface area (Å²) in [7, 11) is 0. The van der Waals surface area contributed by atoms with Crippen LogP contribution < -0.4 is 5.48 Å². The normalized spacial score (nSPS) is 11.6. The molecule has 0 radical (unpaired) electrons. The molecule has 1 rings (SSSR count). The first-order valence-electron chi connectivity index (χ1n) is 5.06. The molecule has 1 unspecified atom stereocenters. The van der Waals surface area contributed by atoms with E-state index in [1.165, 1.54) is 0 Å². The van der Waals surface area contributed by atoms with Crippen LogP contribution >= 0.6 is 31.9 Å². The number of carbonyl (C=O) groups excluding carboxylic acids is 1. The topological polar surface area (TPSA) is 38.3 Å². The maximum atomic E-state index is 11.6. The summed E-state index contributed by atoms with van der Waals surface area (Å²) >= 11 is 6.75. The molecule has 0 heterocycles. The zero-order chi connectivity index (χ0) is 12.7. The smallest absolute Gasteiger partial charge is 0.338 e. The van der Waals surface area contributed by atoms with Crippen LogP contribution in [0.5, 0.6) is 0 Å². The summed E-state index contributed by atoms with van der Waals surface area (Å²) < 4.78 is 0. The lowest BCUT2D eigenvalue weighted by Crippen LogP contribution is -2.24. The van der Waals surface area contributed by atoms with E-state index in [4.69, 9.17) is 4.84 Å². The second-order valence-electron chi connectivity index (χ2n) is 3.33. The summed E-state index contributed by atoms with van der Waals surface area (Å²) in [6, 6.07) is 8.79. The highest BCUT2D eigenvalue weighted by molar-refractivity contribution is 9.10. The van der Waals surface area contributed by atoms with Gasteiger partial charge in [-0.3, -0.25) is 0 Å². The van der Waals surface area contributed by atoms with Crippen molar-refractivity contribution >= 4 is 37.8 Å². The Kier molecular flexibility index (Phi) is 6.29. The highest BCUT2D eigenvalue weighted by Crippen LogP contribution is 2.13. The molecule has 0 aliphatic heterocycles. The van der Waals surface area contributed by atoms with Crippen molar-refractivity contribution in [3.05, 3.63) is 48.2 Å². The van der Waals surface area contributed by atoms with Crippen LogP contribution in [0.2, 0.25) is 0 Å². The van der Waals surface area contributed by atoms with Crippen LogP contribution in [-0.4, -0.2) is 16.1 Å². The second kappa shape index (κ2) is 7.50. The quantitative estimate of drug-likeness (QED) is 0.622. The third kappa shape index (κ3) is 4.91. The Morgan fingerprint density at radius 2 is 2.06 bits per heavy atom. The number of allylic oxidation sites excluding steroid dienone is 1. The molecule has 0 spiro atoms. The van der Waals surface area contributed by atoms with E-state index < -0.39 is 5.97 Å². The van der Waals surface area contributed by atoms with Crippen molar-refractivity contribution in [2.24, 2.45) is 0 Å². The van der Waals surface area contributed by atoms with Crippen LogP contribution in [0.4, 0.5) is 0 Å². The van der Waals surface area contributed by atoms with E-state index >= 15 is 0 Å². The van der Waals surface area contributed by atoms with Gasteiger partial charge >= 0.3 is 5.97 Å². The molecule has 0 aromatic heterocycles. The first-order chi connectivity index (χ1) is 8.15. The van der Waals surface area contributed by atoms with Crippen molar-refractivity contribution < 1.29 is 9.63 Å². The van der Waals surface area contributed by atoms with Crippen LogP contribution in [0.15, 0.2) is 42.6 Å². The summed E-state index contributed by atoms with van der Waals surface area (Å²) in [5.41, 5.74) is 3.67. The number of nitrogens with one attached hydrogen (secondary N) is 1. The summed E-state index contributed by atoms with van der Waals surface area (Å²) in [6.07, 6.45) is 0.856. The Balaban J connectivity index is 2.41. The number of halogens is 2. The van der Waals surface area contributed by atoms with Crippen LogP contribution in [0, 0.1) is 0 Å². The summed E-state index contributed by atoms with van der Waals surface area (Å²) in [6.45, 7) is 3.78. The van der Waals surface area contributed by atoms with Gasteiger partial charge < -0.3 is 4.84 Å². The van der Waals surface area contributed by atoms with Gasteiger partial charge in [0, 0.05) is 5.33 Å². The molecule has 0 saturated heterocycles. The molecule has 0 saturated carbocycles. The first-order valence-corrected chi connectivity index (χ1v) is 7.10. The molecule has 5 heteroatoms. The molecule has 92 valence electrons. The minimum absolute atomic E-state index is 0.0606. The highest BCUT2D eigenvalue weighted by Gasteiger charge is 2.11. The Morgan fingerprint density at radius 1 is 1.41 bits per heavy atom. The SMILES string of the molecule is C=C(NOC(=O)c1ccccc1)C(Br)CCBr. The molecule has 17 heavy (non-hydrogen) atoms. The predicted octanol–water partition coefficient (Wildman–Crippen LogP) is 3.41. The molecule has 0 bridgehead atoms. The predicted molar refractivity (Wildman–Crippen MR) is 75.3 cm³/mol. The van der Waals surface area contributed by atoms with E-state index in [0.717, 1.165) is 11.8 Å². The molecular weight excluding hydrogens is 350 g/mol. The van der Waals surface area contributed by atoms with Gasteiger partial charge in [-0.15, -0.1) is 0 Å². The third-order valence-corrected chi connectivity index (χ3v) is 3.49. The van der Waals surface area contributed by atoms with Gasteiger partial charge in [-0.2, -0.15) is 0 Å². The number of hydrogen-bond acceptors (Lipinski definition) is 3. The van der Waals surface area contributed by atoms with Gasteiger partial charge in [0.2, 0.25) is 0 Å². The molecule has 1 N–H and O–H groups in total. The Hall–Kier alpha value is -0.810. The van der Waals surface area contributed by atoms with Crippen LogP contribution in [0.1, 0.15) is 16.8 Å². The van der Waals surface area contributed by atoms with Crippen LogP contribution in [-0.2, 0) is 4.84 Å². The summed E-state index contributed by atoms with van der Waals surface area (Å²) in [5.74, 6) is -0.426. The largest absolute Gasteiger partial charge is 0.362 e. The van der Waals surface area contributed by atoms with Gasteiger partial charge in [-0.25, -0.2) is 10.3 Å². The number of alkyl halides is 2. The average molecular weight is 363 g/mol. The van der Waals surface area contributed by atoms with Crippen molar-refractivity contribution in [3.63, 3.8) is 0 Å². The molecule has 0 aliphatic carbocycles. The van der Waals surface area contributed by atoms with Crippen LogP contribution in [0.3, 0.4) is 0 Å². The van der Waals surface area contributed by atoms with E-state index in [-0.39, 0.29) is 4.83 Å². The molecule has 0 fully saturated rings. The Labute approximate surface area is 117 Å². The fourth-order valence-electron chi connectivity index (χ4n) is 1.08. The molecule has 0 aliphatic rings. The van der Waals surface area contributed by atoms with Crippen molar-refractivity contribution in [3.8, 4) is 0 Å². The van der Waals surface area contributed by atoms with Gasteiger partial charge in [0.15, 0.2) is 0 Å². The standard InChI is InChI=1S/C12H13Br2NO2/c1-9(11(14)7-8-13)15-17-12(16)10-5-3-2-4-6-10/h2-6,11,15H,1,7-8H2. The summed E-state index contributed by atoms with van der Waals surface area (Å²) in [4.78, 5) is 16.6. The van der Waals surface area contributed by atoms with E-state index in [1.54, 1.807) is 24.3 Å². The molecular formula is C12H13Br2NO2. The number of carbonyl (C=O) groups is 1. The number of rotatable bonds is 6. The molecule has 1 atom stereocenters. The minimum atomic E-state index is -0.426. The molecule has 1 aromatic carbocycles. The van der Waals surface area contributed by atoms with Gasteiger partial charge in [0.05, 0.1) is 16.1 Å². The van der Waals surface area contributed by atoms with Crippen molar-refractivity contribution in [1.29, 1.82) is 0 Å². The van der Waals surface area contributed by atoms with Gasteiger partial charge in [-0.1, -0.05) is 56.6 Å². The first kappa shape index (κ1) is 14.3. The average Bonchev–Trinajstić information content (AvgIpc) is 2.36. The van der Waals surface area contributed by atoms with Crippen molar-refractivity contribution in [1.82, 2.24) is 5.48 Å². The van der Waals surface area contributed by atoms with Gasteiger partial charge in [0.25, 0.3) is 0 Å². The fourth-order valence-corrected chi connectivity index (χ4v) is 2.47. The Morgan fingerprint density at radius 3 is 2.65 bits per heavy atom. The maximum Gasteiger partial charge on any atom is 0.362 e. The monoisotopic (exact) mass is 361 g/mol. The van der Waals surface area contributed by atoms with Crippen LogP contribution in [0.25, 0.3) is 0 Å². The van der Waals surface area contributed by atoms with E-state index in [9.17, 15) is 4.79 Å². The lowest BCUT2D eigenvalue weighted by molar-refractivity contribution is 0.0320. The molecule has 1 aromatic rings. The summed E-state index contributed by atoms with van der Waals surface area (Å²) in [5, 5.41) is 0.844. The number of benzene rings is 1.